The van der Waals surface area contributed by atoms with Crippen molar-refractivity contribution in [3.8, 4) is 5.75 Å². The van der Waals surface area contributed by atoms with Gasteiger partial charge in [-0.15, -0.1) is 0 Å². The van der Waals surface area contributed by atoms with E-state index in [0.717, 1.165) is 69.6 Å². The van der Waals surface area contributed by atoms with Crippen LogP contribution in [0.25, 0.3) is 0 Å². The molecule has 0 N–H and O–H groups in total. The van der Waals surface area contributed by atoms with Crippen molar-refractivity contribution in [1.82, 2.24) is 0 Å². The number of aromatic carboxylic acids is 1. The third kappa shape index (κ3) is 3.23. The number of benzene rings is 1. The van der Waals surface area contributed by atoms with Crippen LogP contribution in [0, 0.1) is 5.92 Å². The van der Waals surface area contributed by atoms with Crippen molar-refractivity contribution >= 4 is 5.97 Å². The van der Waals surface area contributed by atoms with Crippen molar-refractivity contribution in [2.75, 3.05) is 0 Å². The van der Waals surface area contributed by atoms with Gasteiger partial charge in [-0.3, -0.25) is 0 Å². The van der Waals surface area contributed by atoms with E-state index in [4.69, 9.17) is 4.74 Å². The molecule has 0 spiro atoms. The van der Waals surface area contributed by atoms with Gasteiger partial charge < -0.3 is 14.6 Å². The molecule has 0 unspecified atom stereocenters. The molecular formula is C18H20F3O3-. The summed E-state index contributed by atoms with van der Waals surface area (Å²) < 4.78 is 45.9. The summed E-state index contributed by atoms with van der Waals surface area (Å²) in [5.41, 5.74) is -1.81. The lowest BCUT2D eigenvalue weighted by Crippen LogP contribution is -2.40. The molecule has 0 atom stereocenters. The minimum Gasteiger partial charge on any atom is -0.545 e. The fourth-order valence-electron chi connectivity index (χ4n) is 4.21. The van der Waals surface area contributed by atoms with Crippen molar-refractivity contribution in [3.63, 3.8) is 0 Å². The van der Waals surface area contributed by atoms with Crippen LogP contribution in [0.4, 0.5) is 13.2 Å². The van der Waals surface area contributed by atoms with Crippen molar-refractivity contribution in [1.29, 1.82) is 0 Å². The molecule has 6 heteroatoms. The van der Waals surface area contributed by atoms with Gasteiger partial charge in [-0.2, -0.15) is 13.2 Å². The Kier molecular flexibility index (Phi) is 4.49. The van der Waals surface area contributed by atoms with Crippen molar-refractivity contribution in [3.05, 3.63) is 29.3 Å². The lowest BCUT2D eigenvalue weighted by Gasteiger charge is -2.37. The van der Waals surface area contributed by atoms with Gasteiger partial charge in [0.2, 0.25) is 0 Å². The SMILES string of the molecule is O=C([O-])c1ccc(C(F)(F)F)c(OC2(C3CCCC3)CCCC2)c1. The third-order valence-electron chi connectivity index (χ3n) is 5.39. The Morgan fingerprint density at radius 2 is 1.75 bits per heavy atom. The molecule has 24 heavy (non-hydrogen) atoms. The van der Waals surface area contributed by atoms with Gasteiger partial charge in [0.05, 0.1) is 11.5 Å². The number of alkyl halides is 3. The summed E-state index contributed by atoms with van der Waals surface area (Å²) in [4.78, 5) is 11.0. The summed E-state index contributed by atoms with van der Waals surface area (Å²) in [6.45, 7) is 0. The highest BCUT2D eigenvalue weighted by Crippen LogP contribution is 2.48. The summed E-state index contributed by atoms with van der Waals surface area (Å²) in [5.74, 6) is -1.64. The first kappa shape index (κ1) is 17.1. The molecule has 2 fully saturated rings. The van der Waals surface area contributed by atoms with E-state index >= 15 is 0 Å². The summed E-state index contributed by atoms with van der Waals surface area (Å²) in [7, 11) is 0. The maximum Gasteiger partial charge on any atom is 0.419 e. The average molecular weight is 341 g/mol. The minimum atomic E-state index is -4.59. The molecule has 0 aromatic heterocycles. The second-order valence-corrected chi connectivity index (χ2v) is 6.85. The maximum absolute atomic E-state index is 13.3. The molecule has 1 aromatic carbocycles. The number of hydrogen-bond acceptors (Lipinski definition) is 3. The van der Waals surface area contributed by atoms with Crippen molar-refractivity contribution in [2.45, 2.75) is 63.1 Å². The summed E-state index contributed by atoms with van der Waals surface area (Å²) in [6, 6.07) is 2.66. The van der Waals surface area contributed by atoms with E-state index in [1.165, 1.54) is 0 Å². The Morgan fingerprint density at radius 1 is 1.12 bits per heavy atom. The van der Waals surface area contributed by atoms with Crippen LogP contribution < -0.4 is 9.84 Å². The molecule has 2 aliphatic carbocycles. The number of ether oxygens (including phenoxy) is 1. The highest BCUT2D eigenvalue weighted by Gasteiger charge is 2.46. The Labute approximate surface area is 138 Å². The molecule has 1 aromatic rings. The van der Waals surface area contributed by atoms with E-state index in [-0.39, 0.29) is 17.2 Å². The zero-order valence-corrected chi connectivity index (χ0v) is 13.3. The second-order valence-electron chi connectivity index (χ2n) is 6.85. The van der Waals surface area contributed by atoms with E-state index in [9.17, 15) is 23.1 Å². The fraction of sp³-hybridized carbons (Fsp3) is 0.611. The first-order valence-electron chi connectivity index (χ1n) is 8.43. The van der Waals surface area contributed by atoms with Crippen molar-refractivity contribution < 1.29 is 27.8 Å². The molecule has 0 amide bonds. The van der Waals surface area contributed by atoms with E-state index in [2.05, 4.69) is 0 Å². The zero-order valence-electron chi connectivity index (χ0n) is 13.3. The molecule has 0 saturated heterocycles. The number of carboxylic acids is 1. The average Bonchev–Trinajstić information content (AvgIpc) is 3.17. The molecule has 0 bridgehead atoms. The first-order valence-corrected chi connectivity index (χ1v) is 8.43. The van der Waals surface area contributed by atoms with Gasteiger partial charge in [0.15, 0.2) is 0 Å². The molecule has 3 nitrogen and oxygen atoms in total. The number of halogens is 3. The molecule has 132 valence electrons. The van der Waals surface area contributed by atoms with Crippen molar-refractivity contribution in [2.24, 2.45) is 5.92 Å². The van der Waals surface area contributed by atoms with Crippen LogP contribution >= 0.6 is 0 Å². The lowest BCUT2D eigenvalue weighted by molar-refractivity contribution is -0.255. The molecule has 0 radical (unpaired) electrons. The predicted molar refractivity (Wildman–Crippen MR) is 79.6 cm³/mol. The summed E-state index contributed by atoms with van der Waals surface area (Å²) in [5, 5.41) is 11.0. The standard InChI is InChI=1S/C18H21F3O3/c19-18(20,21)14-8-7-12(16(22)23)11-15(14)24-17(9-3-4-10-17)13-5-1-2-6-13/h7-8,11,13H,1-6,9-10H2,(H,22,23)/p-1. The van der Waals surface area contributed by atoms with E-state index < -0.39 is 23.3 Å². The monoisotopic (exact) mass is 341 g/mol. The number of hydrogen-bond donors (Lipinski definition) is 0. The Morgan fingerprint density at radius 3 is 2.29 bits per heavy atom. The molecule has 0 heterocycles. The Hall–Kier alpha value is -1.72. The van der Waals surface area contributed by atoms with Crippen LogP contribution in [0.3, 0.4) is 0 Å². The first-order chi connectivity index (χ1) is 11.3. The zero-order chi connectivity index (χ0) is 17.4. The van der Waals surface area contributed by atoms with Crippen LogP contribution in [0.2, 0.25) is 0 Å². The van der Waals surface area contributed by atoms with Crippen LogP contribution in [-0.2, 0) is 6.18 Å². The van der Waals surface area contributed by atoms with Crippen LogP contribution in [0.1, 0.15) is 67.3 Å². The number of rotatable bonds is 4. The molecular weight excluding hydrogens is 321 g/mol. The minimum absolute atomic E-state index is 0.243. The van der Waals surface area contributed by atoms with Crippen LogP contribution in [-0.4, -0.2) is 11.6 Å². The normalized spacial score (nSPS) is 21.1. The lowest BCUT2D eigenvalue weighted by atomic mass is 9.84. The van der Waals surface area contributed by atoms with Crippen LogP contribution in [0.15, 0.2) is 18.2 Å². The van der Waals surface area contributed by atoms with E-state index in [1.54, 1.807) is 0 Å². The van der Waals surface area contributed by atoms with Gasteiger partial charge in [-0.05, 0) is 56.6 Å². The summed E-state index contributed by atoms with van der Waals surface area (Å²) in [6.07, 6.45) is 2.78. The molecule has 2 aliphatic rings. The smallest absolute Gasteiger partial charge is 0.419 e. The van der Waals surface area contributed by atoms with Gasteiger partial charge in [-0.25, -0.2) is 0 Å². The topological polar surface area (TPSA) is 49.4 Å². The Balaban J connectivity index is 1.99. The quantitative estimate of drug-likeness (QED) is 0.833. The van der Waals surface area contributed by atoms with E-state index in [0.29, 0.717) is 0 Å². The van der Waals surface area contributed by atoms with Gasteiger partial charge in [-0.1, -0.05) is 18.9 Å². The molecule has 2 saturated carbocycles. The molecule has 3 rings (SSSR count). The fourth-order valence-corrected chi connectivity index (χ4v) is 4.21. The van der Waals surface area contributed by atoms with Gasteiger partial charge in [0, 0.05) is 5.56 Å². The number of carbonyl (C=O) groups is 1. The highest BCUT2D eigenvalue weighted by atomic mass is 19.4. The maximum atomic E-state index is 13.3. The second kappa shape index (κ2) is 6.30. The predicted octanol–water partition coefficient (Wildman–Crippen LogP) is 3.95. The number of carboxylic acid groups (broad SMARTS) is 1. The van der Waals surface area contributed by atoms with Gasteiger partial charge >= 0.3 is 6.18 Å². The van der Waals surface area contributed by atoms with Crippen LogP contribution in [0.5, 0.6) is 5.75 Å². The van der Waals surface area contributed by atoms with Gasteiger partial charge in [0.1, 0.15) is 11.4 Å². The largest absolute Gasteiger partial charge is 0.545 e. The Bertz CT molecular complexity index is 612. The highest BCUT2D eigenvalue weighted by molar-refractivity contribution is 5.86. The number of carbonyl (C=O) groups excluding carboxylic acids is 1. The van der Waals surface area contributed by atoms with E-state index in [1.807, 2.05) is 0 Å². The molecule has 0 aliphatic heterocycles. The van der Waals surface area contributed by atoms with Gasteiger partial charge in [0.25, 0.3) is 0 Å². The summed E-state index contributed by atoms with van der Waals surface area (Å²) >= 11 is 0. The third-order valence-corrected chi connectivity index (χ3v) is 5.39.